The predicted octanol–water partition coefficient (Wildman–Crippen LogP) is 1.68. The Balaban J connectivity index is 4.05. The molecule has 0 saturated heterocycles. The van der Waals surface area contributed by atoms with Gasteiger partial charge < -0.3 is 10.1 Å². The van der Waals surface area contributed by atoms with E-state index in [-0.39, 0.29) is 0 Å². The summed E-state index contributed by atoms with van der Waals surface area (Å²) < 4.78 is 4.37. The molecule has 0 amide bonds. The van der Waals surface area contributed by atoms with E-state index in [0.717, 1.165) is 12.2 Å². The van der Waals surface area contributed by atoms with Gasteiger partial charge in [-0.3, -0.25) is 0 Å². The lowest BCUT2D eigenvalue weighted by Crippen LogP contribution is -2.09. The second kappa shape index (κ2) is 7.42. The van der Waals surface area contributed by atoms with Gasteiger partial charge in [0.1, 0.15) is 6.26 Å². The maximum Gasteiger partial charge on any atom is 0.291 e. The molecule has 0 aromatic rings. The van der Waals surface area contributed by atoms with E-state index in [1.807, 2.05) is 6.92 Å². The van der Waals surface area contributed by atoms with Crippen molar-refractivity contribution >= 4 is 0 Å². The monoisotopic (exact) mass is 164 g/mol. The van der Waals surface area contributed by atoms with Gasteiger partial charge >= 0.3 is 0 Å². The van der Waals surface area contributed by atoms with E-state index >= 15 is 0 Å². The highest BCUT2D eigenvalue weighted by molar-refractivity contribution is 5.20. The summed E-state index contributed by atoms with van der Waals surface area (Å²) in [6.07, 6.45) is 7.97. The van der Waals surface area contributed by atoms with Crippen LogP contribution in [0.15, 0.2) is 36.8 Å². The molecule has 0 saturated carbocycles. The van der Waals surface area contributed by atoms with Gasteiger partial charge in [0, 0.05) is 12.2 Å². The van der Waals surface area contributed by atoms with E-state index in [0.29, 0.717) is 0 Å². The van der Waals surface area contributed by atoms with Crippen molar-refractivity contribution in [2.24, 2.45) is 0 Å². The Morgan fingerprint density at radius 1 is 1.75 bits per heavy atom. The maximum absolute atomic E-state index is 8.06. The SMILES string of the molecule is C=C/C=C(\C=C/OC#N)NCC. The summed E-state index contributed by atoms with van der Waals surface area (Å²) in [5.74, 6) is 0. The lowest BCUT2D eigenvalue weighted by molar-refractivity contribution is 0.428. The fourth-order valence-electron chi connectivity index (χ4n) is 0.642. The van der Waals surface area contributed by atoms with E-state index in [1.54, 1.807) is 18.2 Å². The molecule has 0 rings (SSSR count). The Morgan fingerprint density at radius 3 is 3.00 bits per heavy atom. The van der Waals surface area contributed by atoms with Gasteiger partial charge in [0.25, 0.3) is 6.26 Å². The van der Waals surface area contributed by atoms with Gasteiger partial charge in [-0.05, 0) is 19.1 Å². The highest BCUT2D eigenvalue weighted by Gasteiger charge is 1.85. The number of likely N-dealkylation sites (N-methyl/N-ethyl adjacent to an activating group) is 1. The third-order valence-electron chi connectivity index (χ3n) is 1.05. The molecule has 64 valence electrons. The average Bonchev–Trinajstić information content (AvgIpc) is 2.06. The van der Waals surface area contributed by atoms with Crippen molar-refractivity contribution in [3.05, 3.63) is 36.8 Å². The molecule has 0 atom stereocenters. The molecule has 0 heterocycles. The minimum absolute atomic E-state index is 0.816. The van der Waals surface area contributed by atoms with E-state index in [1.165, 1.54) is 12.5 Å². The summed E-state index contributed by atoms with van der Waals surface area (Å²) in [7, 11) is 0. The smallest absolute Gasteiger partial charge is 0.291 e. The van der Waals surface area contributed by atoms with E-state index in [2.05, 4.69) is 16.6 Å². The first-order valence-corrected chi connectivity index (χ1v) is 3.63. The largest absolute Gasteiger partial charge is 0.396 e. The van der Waals surface area contributed by atoms with E-state index in [9.17, 15) is 0 Å². The average molecular weight is 164 g/mol. The Kier molecular flexibility index (Phi) is 6.37. The van der Waals surface area contributed by atoms with Crippen molar-refractivity contribution in [2.45, 2.75) is 6.92 Å². The van der Waals surface area contributed by atoms with Crippen LogP contribution in [0.5, 0.6) is 0 Å². The maximum atomic E-state index is 8.06. The van der Waals surface area contributed by atoms with Crippen molar-refractivity contribution < 1.29 is 4.74 Å². The van der Waals surface area contributed by atoms with Crippen LogP contribution in [0.2, 0.25) is 0 Å². The molecule has 0 aliphatic heterocycles. The molecule has 0 unspecified atom stereocenters. The summed E-state index contributed by atoms with van der Waals surface area (Å²) in [5.41, 5.74) is 0.864. The van der Waals surface area contributed by atoms with Crippen molar-refractivity contribution in [3.63, 3.8) is 0 Å². The fraction of sp³-hybridized carbons (Fsp3) is 0.222. The standard InChI is InChI=1S/C9H12N2O/c1-3-5-9(11-4-2)6-7-12-8-10/h3,5-7,11H,1,4H2,2H3/b7-6-,9-5+. The van der Waals surface area contributed by atoms with Crippen molar-refractivity contribution in [1.82, 2.24) is 5.32 Å². The Bertz CT molecular complexity index is 223. The van der Waals surface area contributed by atoms with Gasteiger partial charge in [-0.15, -0.1) is 5.26 Å². The van der Waals surface area contributed by atoms with Crippen LogP contribution >= 0.6 is 0 Å². The molecule has 0 aliphatic carbocycles. The molecule has 0 radical (unpaired) electrons. The molecule has 1 N–H and O–H groups in total. The third-order valence-corrected chi connectivity index (χ3v) is 1.05. The summed E-state index contributed by atoms with van der Waals surface area (Å²) >= 11 is 0. The second-order valence-electron chi connectivity index (χ2n) is 1.90. The lowest BCUT2D eigenvalue weighted by atomic mass is 10.3. The molecule has 3 heteroatoms. The number of hydrogen-bond donors (Lipinski definition) is 1. The molecular weight excluding hydrogens is 152 g/mol. The summed E-state index contributed by atoms with van der Waals surface area (Å²) in [4.78, 5) is 0. The van der Waals surface area contributed by atoms with E-state index < -0.39 is 0 Å². The zero-order valence-corrected chi connectivity index (χ0v) is 7.08. The normalized spacial score (nSPS) is 10.8. The lowest BCUT2D eigenvalue weighted by Gasteiger charge is -2.00. The molecule has 0 aromatic carbocycles. The minimum Gasteiger partial charge on any atom is -0.396 e. The van der Waals surface area contributed by atoms with Crippen molar-refractivity contribution in [2.75, 3.05) is 6.54 Å². The topological polar surface area (TPSA) is 45.0 Å². The van der Waals surface area contributed by atoms with Gasteiger partial charge in [-0.1, -0.05) is 12.7 Å². The molecule has 0 aromatic heterocycles. The van der Waals surface area contributed by atoms with Gasteiger partial charge in [0.2, 0.25) is 0 Å². The van der Waals surface area contributed by atoms with Gasteiger partial charge in [0.05, 0.1) is 0 Å². The zero-order valence-electron chi connectivity index (χ0n) is 7.08. The minimum atomic E-state index is 0.816. The summed E-state index contributed by atoms with van der Waals surface area (Å²) in [5, 5.41) is 11.1. The highest BCUT2D eigenvalue weighted by Crippen LogP contribution is 1.92. The highest BCUT2D eigenvalue weighted by atomic mass is 16.5. The summed E-state index contributed by atoms with van der Waals surface area (Å²) in [6.45, 7) is 6.35. The third kappa shape index (κ3) is 5.12. The number of nitriles is 1. The van der Waals surface area contributed by atoms with Crippen LogP contribution in [0.4, 0.5) is 0 Å². The second-order valence-corrected chi connectivity index (χ2v) is 1.90. The van der Waals surface area contributed by atoms with Crippen LogP contribution in [-0.2, 0) is 4.74 Å². The molecule has 3 nitrogen and oxygen atoms in total. The van der Waals surface area contributed by atoms with Gasteiger partial charge in [0.15, 0.2) is 0 Å². The summed E-state index contributed by atoms with van der Waals surface area (Å²) in [6, 6.07) is 0. The van der Waals surface area contributed by atoms with Crippen LogP contribution in [0, 0.1) is 11.5 Å². The number of ether oxygens (including phenoxy) is 1. The number of nitrogens with one attached hydrogen (secondary N) is 1. The van der Waals surface area contributed by atoms with Crippen molar-refractivity contribution in [3.8, 4) is 6.26 Å². The molecular formula is C9H12N2O. The van der Waals surface area contributed by atoms with Gasteiger partial charge in [-0.2, -0.15) is 0 Å². The number of hydrogen-bond acceptors (Lipinski definition) is 3. The van der Waals surface area contributed by atoms with E-state index in [4.69, 9.17) is 5.26 Å². The van der Waals surface area contributed by atoms with Crippen LogP contribution in [0.1, 0.15) is 6.92 Å². The molecule has 12 heavy (non-hydrogen) atoms. The zero-order chi connectivity index (χ0) is 9.23. The molecule has 0 fully saturated rings. The quantitative estimate of drug-likeness (QED) is 0.382. The number of allylic oxidation sites excluding steroid dienone is 3. The van der Waals surface area contributed by atoms with Crippen LogP contribution in [0.3, 0.4) is 0 Å². The number of rotatable bonds is 5. The first kappa shape index (κ1) is 10.3. The Hall–Kier alpha value is -1.69. The van der Waals surface area contributed by atoms with Gasteiger partial charge in [-0.25, -0.2) is 0 Å². The molecule has 0 spiro atoms. The first-order chi connectivity index (χ1) is 5.85. The number of nitrogens with zero attached hydrogens (tertiary/aromatic N) is 1. The Morgan fingerprint density at radius 2 is 2.50 bits per heavy atom. The van der Waals surface area contributed by atoms with Crippen molar-refractivity contribution in [1.29, 1.82) is 5.26 Å². The van der Waals surface area contributed by atoms with Crippen LogP contribution in [-0.4, -0.2) is 6.54 Å². The first-order valence-electron chi connectivity index (χ1n) is 3.63. The predicted molar refractivity (Wildman–Crippen MR) is 47.8 cm³/mol. The van der Waals surface area contributed by atoms with Crippen LogP contribution in [0.25, 0.3) is 0 Å². The molecule has 0 aliphatic rings. The fourth-order valence-corrected chi connectivity index (χ4v) is 0.642. The van der Waals surface area contributed by atoms with Crippen LogP contribution < -0.4 is 5.32 Å². The Labute approximate surface area is 72.6 Å². The molecule has 0 bridgehead atoms.